The Bertz CT molecular complexity index is 298. The molecule has 0 aromatic heterocycles. The Morgan fingerprint density at radius 3 is 2.06 bits per heavy atom. The van der Waals surface area contributed by atoms with Gasteiger partial charge in [-0.1, -0.05) is 5.92 Å². The van der Waals surface area contributed by atoms with Gasteiger partial charge in [-0.15, -0.1) is 6.42 Å². The van der Waals surface area contributed by atoms with Crippen molar-refractivity contribution in [2.24, 2.45) is 11.3 Å². The zero-order chi connectivity index (χ0) is 11.1. The molecule has 0 N–H and O–H groups in total. The normalized spacial score (nSPS) is 32.2. The van der Waals surface area contributed by atoms with Gasteiger partial charge in [-0.05, 0) is 12.8 Å². The van der Waals surface area contributed by atoms with Crippen molar-refractivity contribution >= 4 is 0 Å². The Balaban J connectivity index is 1.70. The lowest BCUT2D eigenvalue weighted by Crippen LogP contribution is -2.48. The molecule has 2 aliphatic heterocycles. The lowest BCUT2D eigenvalue weighted by atomic mass is 9.64. The fraction of sp³-hybridized carbons (Fsp3) is 0.846. The number of ether oxygens (including phenoxy) is 3. The highest BCUT2D eigenvalue weighted by atomic mass is 16.7. The van der Waals surface area contributed by atoms with E-state index in [0.29, 0.717) is 5.92 Å². The molecule has 3 aliphatic rings. The van der Waals surface area contributed by atoms with E-state index in [1.54, 1.807) is 0 Å². The van der Waals surface area contributed by atoms with Gasteiger partial charge in [0.2, 0.25) is 0 Å². The van der Waals surface area contributed by atoms with Crippen LogP contribution in [-0.4, -0.2) is 32.2 Å². The molecule has 16 heavy (non-hydrogen) atoms. The summed E-state index contributed by atoms with van der Waals surface area (Å²) in [5.74, 6) is 3.29. The van der Waals surface area contributed by atoms with E-state index in [1.807, 2.05) is 0 Å². The van der Waals surface area contributed by atoms with Gasteiger partial charge in [0.15, 0.2) is 5.79 Å². The third-order valence-corrected chi connectivity index (χ3v) is 4.42. The predicted octanol–water partition coefficient (Wildman–Crippen LogP) is 1.57. The number of rotatable bonds is 1. The van der Waals surface area contributed by atoms with Crippen molar-refractivity contribution in [1.29, 1.82) is 0 Å². The second kappa shape index (κ2) is 3.73. The van der Waals surface area contributed by atoms with Crippen LogP contribution in [0.2, 0.25) is 0 Å². The van der Waals surface area contributed by atoms with E-state index in [1.165, 1.54) is 0 Å². The van der Waals surface area contributed by atoms with Crippen LogP contribution in [0.1, 0.15) is 25.7 Å². The van der Waals surface area contributed by atoms with Crippen molar-refractivity contribution in [1.82, 2.24) is 0 Å². The molecule has 0 bridgehead atoms. The third-order valence-electron chi connectivity index (χ3n) is 4.42. The van der Waals surface area contributed by atoms with Crippen LogP contribution in [0, 0.1) is 23.7 Å². The summed E-state index contributed by atoms with van der Waals surface area (Å²) < 4.78 is 16.7. The summed E-state index contributed by atoms with van der Waals surface area (Å²) in [4.78, 5) is 0. The van der Waals surface area contributed by atoms with Crippen LogP contribution in [0.25, 0.3) is 0 Å². The predicted molar refractivity (Wildman–Crippen MR) is 58.7 cm³/mol. The number of terminal acetylenes is 1. The molecule has 0 unspecified atom stereocenters. The quantitative estimate of drug-likeness (QED) is 0.630. The molecule has 3 rings (SSSR count). The van der Waals surface area contributed by atoms with Crippen molar-refractivity contribution in [2.75, 3.05) is 26.4 Å². The minimum atomic E-state index is -0.301. The van der Waals surface area contributed by atoms with E-state index < -0.39 is 0 Å². The van der Waals surface area contributed by atoms with Crippen LogP contribution in [0.5, 0.6) is 0 Å². The third kappa shape index (κ3) is 1.48. The standard InChI is InChI=1S/C13H18O3/c1-2-12(11-9-14-10-11)3-5-13(6-4-12)15-7-8-16-13/h1,11H,3-10H2. The van der Waals surface area contributed by atoms with Gasteiger partial charge in [0, 0.05) is 24.2 Å². The summed E-state index contributed by atoms with van der Waals surface area (Å²) in [5, 5.41) is 0. The number of hydrogen-bond acceptors (Lipinski definition) is 3. The van der Waals surface area contributed by atoms with E-state index in [9.17, 15) is 0 Å². The summed E-state index contributed by atoms with van der Waals surface area (Å²) in [6.45, 7) is 3.13. The minimum absolute atomic E-state index is 0.0405. The molecule has 88 valence electrons. The van der Waals surface area contributed by atoms with E-state index in [0.717, 1.165) is 52.1 Å². The molecule has 1 spiro atoms. The summed E-state index contributed by atoms with van der Waals surface area (Å²) >= 11 is 0. The second-order valence-corrected chi connectivity index (χ2v) is 5.14. The highest BCUT2D eigenvalue weighted by molar-refractivity contribution is 5.13. The molecule has 0 aromatic carbocycles. The molecule has 1 aliphatic carbocycles. The summed E-state index contributed by atoms with van der Waals surface area (Å²) in [6, 6.07) is 0. The SMILES string of the molecule is C#CC1(C2COC2)CCC2(CC1)OCCO2. The first kappa shape index (κ1) is 10.6. The Morgan fingerprint density at radius 2 is 1.62 bits per heavy atom. The van der Waals surface area contributed by atoms with Gasteiger partial charge >= 0.3 is 0 Å². The van der Waals surface area contributed by atoms with Crippen LogP contribution in [0.4, 0.5) is 0 Å². The van der Waals surface area contributed by atoms with Gasteiger partial charge in [-0.3, -0.25) is 0 Å². The van der Waals surface area contributed by atoms with Gasteiger partial charge in [0.1, 0.15) is 0 Å². The first-order valence-corrected chi connectivity index (χ1v) is 6.12. The van der Waals surface area contributed by atoms with Crippen molar-refractivity contribution in [3.8, 4) is 12.3 Å². The monoisotopic (exact) mass is 222 g/mol. The van der Waals surface area contributed by atoms with Gasteiger partial charge in [0.25, 0.3) is 0 Å². The average Bonchev–Trinajstić information content (AvgIpc) is 2.69. The Hall–Kier alpha value is -0.560. The van der Waals surface area contributed by atoms with Gasteiger partial charge < -0.3 is 14.2 Å². The molecule has 2 saturated heterocycles. The first-order chi connectivity index (χ1) is 7.79. The van der Waals surface area contributed by atoms with E-state index in [2.05, 4.69) is 5.92 Å². The van der Waals surface area contributed by atoms with Gasteiger partial charge in [-0.2, -0.15) is 0 Å². The Kier molecular flexibility index (Phi) is 2.47. The summed E-state index contributed by atoms with van der Waals surface area (Å²) in [5.41, 5.74) is 0.0405. The summed E-state index contributed by atoms with van der Waals surface area (Å²) in [7, 11) is 0. The van der Waals surface area contributed by atoms with Crippen molar-refractivity contribution in [3.05, 3.63) is 0 Å². The van der Waals surface area contributed by atoms with Gasteiger partial charge in [-0.25, -0.2) is 0 Å². The van der Waals surface area contributed by atoms with E-state index >= 15 is 0 Å². The molecule has 0 aromatic rings. The molecule has 0 atom stereocenters. The molecule has 3 fully saturated rings. The largest absolute Gasteiger partial charge is 0.381 e. The molecular formula is C13H18O3. The van der Waals surface area contributed by atoms with Crippen LogP contribution in [-0.2, 0) is 14.2 Å². The highest BCUT2D eigenvalue weighted by Gasteiger charge is 2.50. The molecule has 2 heterocycles. The number of hydrogen-bond donors (Lipinski definition) is 0. The second-order valence-electron chi connectivity index (χ2n) is 5.14. The Morgan fingerprint density at radius 1 is 1.00 bits per heavy atom. The molecule has 1 saturated carbocycles. The van der Waals surface area contributed by atoms with Crippen LogP contribution in [0.3, 0.4) is 0 Å². The molecule has 0 amide bonds. The van der Waals surface area contributed by atoms with Crippen LogP contribution in [0.15, 0.2) is 0 Å². The van der Waals surface area contributed by atoms with Crippen molar-refractivity contribution < 1.29 is 14.2 Å². The maximum Gasteiger partial charge on any atom is 0.168 e. The zero-order valence-corrected chi connectivity index (χ0v) is 9.54. The van der Waals surface area contributed by atoms with Gasteiger partial charge in [0.05, 0.1) is 26.4 Å². The lowest BCUT2D eigenvalue weighted by molar-refractivity contribution is -0.201. The minimum Gasteiger partial charge on any atom is -0.381 e. The van der Waals surface area contributed by atoms with E-state index in [-0.39, 0.29) is 11.2 Å². The molecule has 0 radical (unpaired) electrons. The fourth-order valence-corrected chi connectivity index (χ4v) is 3.09. The Labute approximate surface area is 96.4 Å². The lowest BCUT2D eigenvalue weighted by Gasteiger charge is -2.47. The molecular weight excluding hydrogens is 204 g/mol. The van der Waals surface area contributed by atoms with Crippen molar-refractivity contribution in [3.63, 3.8) is 0 Å². The zero-order valence-electron chi connectivity index (χ0n) is 9.54. The smallest absolute Gasteiger partial charge is 0.168 e. The van der Waals surface area contributed by atoms with E-state index in [4.69, 9.17) is 20.6 Å². The average molecular weight is 222 g/mol. The maximum atomic E-state index is 5.75. The molecule has 3 nitrogen and oxygen atoms in total. The molecule has 3 heteroatoms. The van der Waals surface area contributed by atoms with Crippen LogP contribution >= 0.6 is 0 Å². The van der Waals surface area contributed by atoms with Crippen LogP contribution < -0.4 is 0 Å². The topological polar surface area (TPSA) is 27.7 Å². The maximum absolute atomic E-state index is 5.75. The summed E-state index contributed by atoms with van der Waals surface area (Å²) in [6.07, 6.45) is 9.65. The fourth-order valence-electron chi connectivity index (χ4n) is 3.09. The van der Waals surface area contributed by atoms with Crippen molar-refractivity contribution in [2.45, 2.75) is 31.5 Å². The highest BCUT2D eigenvalue weighted by Crippen LogP contribution is 2.49. The first-order valence-electron chi connectivity index (χ1n) is 6.12.